The van der Waals surface area contributed by atoms with Crippen molar-refractivity contribution in [3.63, 3.8) is 0 Å². The number of aryl methyl sites for hydroxylation is 1. The van der Waals surface area contributed by atoms with Gasteiger partial charge in [-0.3, -0.25) is 4.79 Å². The Morgan fingerprint density at radius 3 is 2.95 bits per heavy atom. The van der Waals surface area contributed by atoms with E-state index in [-0.39, 0.29) is 5.75 Å². The number of hydrogen-bond acceptors (Lipinski definition) is 3. The van der Waals surface area contributed by atoms with Crippen molar-refractivity contribution >= 4 is 17.7 Å². The van der Waals surface area contributed by atoms with E-state index in [0.29, 0.717) is 5.92 Å². The number of carbonyl (C=O) groups is 1. The molecule has 2 unspecified atom stereocenters. The Morgan fingerprint density at radius 2 is 2.37 bits per heavy atom. The van der Waals surface area contributed by atoms with E-state index in [2.05, 4.69) is 23.4 Å². The zero-order chi connectivity index (χ0) is 13.8. The number of rotatable bonds is 6. The van der Waals surface area contributed by atoms with Gasteiger partial charge in [-0.05, 0) is 24.7 Å². The molecule has 1 aromatic rings. The maximum atomic E-state index is 10.7. The van der Waals surface area contributed by atoms with E-state index in [0.717, 1.165) is 24.0 Å². The molecular formula is C14H22N2O2S. The number of imidazole rings is 1. The predicted octanol–water partition coefficient (Wildman–Crippen LogP) is 3.06. The van der Waals surface area contributed by atoms with Crippen molar-refractivity contribution in [2.24, 2.45) is 11.8 Å². The Morgan fingerprint density at radius 1 is 1.58 bits per heavy atom. The molecule has 1 N–H and O–H groups in total. The van der Waals surface area contributed by atoms with Gasteiger partial charge in [0, 0.05) is 18.4 Å². The molecule has 0 bridgehead atoms. The maximum absolute atomic E-state index is 10.7. The first-order chi connectivity index (χ1) is 9.11. The third-order valence-corrected chi connectivity index (χ3v) is 5.02. The van der Waals surface area contributed by atoms with Crippen molar-refractivity contribution in [3.8, 4) is 0 Å². The lowest BCUT2D eigenvalue weighted by molar-refractivity contribution is -0.133. The lowest BCUT2D eigenvalue weighted by atomic mass is 9.98. The van der Waals surface area contributed by atoms with E-state index in [9.17, 15) is 4.79 Å². The first-order valence-electron chi connectivity index (χ1n) is 7.00. The van der Waals surface area contributed by atoms with Crippen LogP contribution in [0.3, 0.4) is 0 Å². The molecular weight excluding hydrogens is 260 g/mol. The van der Waals surface area contributed by atoms with Crippen LogP contribution in [0.15, 0.2) is 11.4 Å². The maximum Gasteiger partial charge on any atom is 0.313 e. The Balaban J connectivity index is 2.11. The van der Waals surface area contributed by atoms with Crippen molar-refractivity contribution < 1.29 is 9.90 Å². The van der Waals surface area contributed by atoms with E-state index < -0.39 is 5.97 Å². The van der Waals surface area contributed by atoms with Gasteiger partial charge in [0.15, 0.2) is 5.16 Å². The second-order valence-electron chi connectivity index (χ2n) is 5.35. The lowest BCUT2D eigenvalue weighted by Crippen LogP contribution is -2.16. The predicted molar refractivity (Wildman–Crippen MR) is 76.5 cm³/mol. The molecule has 1 fully saturated rings. The Kier molecular flexibility index (Phi) is 4.91. The van der Waals surface area contributed by atoms with Crippen molar-refractivity contribution in [2.45, 2.75) is 51.2 Å². The average molecular weight is 282 g/mol. The second-order valence-corrected chi connectivity index (χ2v) is 6.29. The molecule has 1 saturated carbocycles. The summed E-state index contributed by atoms with van der Waals surface area (Å²) in [6.45, 7) is 5.44. The third kappa shape index (κ3) is 3.53. The fraction of sp³-hybridized carbons (Fsp3) is 0.714. The smallest absolute Gasteiger partial charge is 0.313 e. The molecule has 19 heavy (non-hydrogen) atoms. The molecule has 2 atom stereocenters. The summed E-state index contributed by atoms with van der Waals surface area (Å²) in [5.41, 5.74) is 1.21. The molecule has 0 spiro atoms. The topological polar surface area (TPSA) is 55.1 Å². The number of carboxylic acids is 1. The van der Waals surface area contributed by atoms with Crippen molar-refractivity contribution in [1.82, 2.24) is 9.55 Å². The summed E-state index contributed by atoms with van der Waals surface area (Å²) in [7, 11) is 0. The van der Waals surface area contributed by atoms with E-state index in [1.807, 2.05) is 6.20 Å². The molecule has 0 amide bonds. The van der Waals surface area contributed by atoms with Gasteiger partial charge in [-0.2, -0.15) is 0 Å². The highest BCUT2D eigenvalue weighted by atomic mass is 32.2. The number of aliphatic carboxylic acids is 1. The highest BCUT2D eigenvalue weighted by Gasteiger charge is 2.25. The van der Waals surface area contributed by atoms with Crippen LogP contribution < -0.4 is 0 Å². The van der Waals surface area contributed by atoms with Crippen molar-refractivity contribution in [1.29, 1.82) is 0 Å². The minimum Gasteiger partial charge on any atom is -0.481 e. The molecule has 5 heteroatoms. The molecule has 4 nitrogen and oxygen atoms in total. The molecule has 106 valence electrons. The Labute approximate surface area is 118 Å². The summed E-state index contributed by atoms with van der Waals surface area (Å²) in [6.07, 6.45) is 6.76. The van der Waals surface area contributed by atoms with Gasteiger partial charge in [0.1, 0.15) is 0 Å². The van der Waals surface area contributed by atoms with Crippen LogP contribution in [0.1, 0.15) is 38.8 Å². The van der Waals surface area contributed by atoms with Crippen LogP contribution in [-0.2, 0) is 17.8 Å². The van der Waals surface area contributed by atoms with Crippen LogP contribution in [0.2, 0.25) is 0 Å². The van der Waals surface area contributed by atoms with E-state index >= 15 is 0 Å². The summed E-state index contributed by atoms with van der Waals surface area (Å²) in [5.74, 6) is 0.778. The quantitative estimate of drug-likeness (QED) is 0.815. The molecule has 0 aromatic carbocycles. The van der Waals surface area contributed by atoms with E-state index in [1.54, 1.807) is 0 Å². The number of aromatic nitrogens is 2. The fourth-order valence-electron chi connectivity index (χ4n) is 2.84. The first-order valence-corrected chi connectivity index (χ1v) is 7.99. The minimum atomic E-state index is -0.785. The Bertz CT molecular complexity index is 445. The zero-order valence-corrected chi connectivity index (χ0v) is 12.4. The van der Waals surface area contributed by atoms with Crippen molar-refractivity contribution in [3.05, 3.63) is 11.9 Å². The van der Waals surface area contributed by atoms with E-state index in [4.69, 9.17) is 5.11 Å². The number of nitrogens with zero attached hydrogens (tertiary/aromatic N) is 2. The minimum absolute atomic E-state index is 0.0837. The largest absolute Gasteiger partial charge is 0.481 e. The molecule has 0 radical (unpaired) electrons. The van der Waals surface area contributed by atoms with Gasteiger partial charge in [-0.25, -0.2) is 4.98 Å². The van der Waals surface area contributed by atoms with Crippen LogP contribution in [0, 0.1) is 11.8 Å². The normalized spacial score (nSPS) is 22.8. The van der Waals surface area contributed by atoms with E-state index in [1.165, 1.54) is 36.7 Å². The van der Waals surface area contributed by atoms with Crippen molar-refractivity contribution in [2.75, 3.05) is 5.75 Å². The van der Waals surface area contributed by atoms with Gasteiger partial charge in [0.2, 0.25) is 0 Å². The fourth-order valence-corrected chi connectivity index (χ4v) is 3.57. The summed E-state index contributed by atoms with van der Waals surface area (Å²) in [4.78, 5) is 15.1. The second kappa shape index (κ2) is 6.46. The first kappa shape index (κ1) is 14.4. The third-order valence-electron chi connectivity index (χ3n) is 4.04. The summed E-state index contributed by atoms with van der Waals surface area (Å²) >= 11 is 1.33. The molecule has 2 rings (SSSR count). The zero-order valence-electron chi connectivity index (χ0n) is 11.6. The van der Waals surface area contributed by atoms with Crippen LogP contribution in [0.25, 0.3) is 0 Å². The molecule has 1 aliphatic rings. The number of hydrogen-bond donors (Lipinski definition) is 1. The van der Waals surface area contributed by atoms with Crippen LogP contribution in [0.5, 0.6) is 0 Å². The highest BCUT2D eigenvalue weighted by molar-refractivity contribution is 7.99. The van der Waals surface area contributed by atoms with Gasteiger partial charge in [-0.15, -0.1) is 0 Å². The average Bonchev–Trinajstić information content (AvgIpc) is 2.95. The van der Waals surface area contributed by atoms with Gasteiger partial charge >= 0.3 is 5.97 Å². The standard InChI is InChI=1S/C14H22N2O2S/c1-3-12-7-15-14(19-9-13(17)18)16(12)8-11-6-4-5-10(11)2/h7,10-11H,3-6,8-9H2,1-2H3,(H,17,18). The molecule has 1 aliphatic carbocycles. The number of carboxylic acid groups (broad SMARTS) is 1. The SMILES string of the molecule is CCc1cnc(SCC(=O)O)n1CC1CCCC1C. The molecule has 0 aliphatic heterocycles. The Hall–Kier alpha value is -0.970. The van der Waals surface area contributed by atoms with Crippen LogP contribution in [-0.4, -0.2) is 26.4 Å². The lowest BCUT2D eigenvalue weighted by Gasteiger charge is -2.19. The van der Waals surface area contributed by atoms with Crippen LogP contribution >= 0.6 is 11.8 Å². The van der Waals surface area contributed by atoms with Gasteiger partial charge < -0.3 is 9.67 Å². The van der Waals surface area contributed by atoms with Gasteiger partial charge in [0.05, 0.1) is 5.75 Å². The summed E-state index contributed by atoms with van der Waals surface area (Å²) in [5, 5.41) is 9.66. The molecule has 0 saturated heterocycles. The summed E-state index contributed by atoms with van der Waals surface area (Å²) in [6, 6.07) is 0. The highest BCUT2D eigenvalue weighted by Crippen LogP contribution is 2.33. The molecule has 1 aromatic heterocycles. The molecule has 1 heterocycles. The monoisotopic (exact) mass is 282 g/mol. The van der Waals surface area contributed by atoms with Crippen LogP contribution in [0.4, 0.5) is 0 Å². The number of thioether (sulfide) groups is 1. The summed E-state index contributed by atoms with van der Waals surface area (Å²) < 4.78 is 2.24. The van der Waals surface area contributed by atoms with Gasteiger partial charge in [-0.1, -0.05) is 38.5 Å². The van der Waals surface area contributed by atoms with Gasteiger partial charge in [0.25, 0.3) is 0 Å².